The van der Waals surface area contributed by atoms with Crippen LogP contribution in [0.15, 0.2) is 61.1 Å². The monoisotopic (exact) mass is 439 g/mol. The van der Waals surface area contributed by atoms with Crippen LogP contribution in [0.1, 0.15) is 12.0 Å². The van der Waals surface area contributed by atoms with Crippen molar-refractivity contribution >= 4 is 17.4 Å². The highest BCUT2D eigenvalue weighted by atomic mass is 19.4. The molecule has 0 radical (unpaired) electrons. The summed E-state index contributed by atoms with van der Waals surface area (Å²) in [6.45, 7) is 2.75. The van der Waals surface area contributed by atoms with Gasteiger partial charge < -0.3 is 9.80 Å². The fourth-order valence-electron chi connectivity index (χ4n) is 3.90. The second-order valence-electron chi connectivity index (χ2n) is 7.57. The van der Waals surface area contributed by atoms with Crippen molar-refractivity contribution in [3.05, 3.63) is 66.6 Å². The molecule has 0 amide bonds. The van der Waals surface area contributed by atoms with E-state index in [9.17, 15) is 13.2 Å². The summed E-state index contributed by atoms with van der Waals surface area (Å²) in [5.41, 5.74) is 1.06. The molecule has 32 heavy (non-hydrogen) atoms. The largest absolute Gasteiger partial charge is 0.417 e. The molecule has 0 saturated carbocycles. The SMILES string of the molecule is FC(F)(F)c1ccc(N2CCCN(c3cc(-c4ccccc4)nc4ncnn34)CC2)nc1. The zero-order chi connectivity index (χ0) is 22.1. The maximum atomic E-state index is 12.8. The van der Waals surface area contributed by atoms with Crippen molar-refractivity contribution in [2.75, 3.05) is 36.0 Å². The fourth-order valence-corrected chi connectivity index (χ4v) is 3.90. The Morgan fingerprint density at radius 3 is 2.38 bits per heavy atom. The quantitative estimate of drug-likeness (QED) is 0.482. The molecule has 1 fully saturated rings. The van der Waals surface area contributed by atoms with Gasteiger partial charge in [-0.2, -0.15) is 27.8 Å². The molecule has 5 rings (SSSR count). The van der Waals surface area contributed by atoms with Crippen molar-refractivity contribution in [1.29, 1.82) is 0 Å². The minimum absolute atomic E-state index is 0.520. The van der Waals surface area contributed by atoms with Crippen LogP contribution in [0, 0.1) is 0 Å². The number of aromatic nitrogens is 5. The van der Waals surface area contributed by atoms with Crippen LogP contribution in [0.3, 0.4) is 0 Å². The van der Waals surface area contributed by atoms with Crippen molar-refractivity contribution in [3.8, 4) is 11.3 Å². The first-order chi connectivity index (χ1) is 15.5. The van der Waals surface area contributed by atoms with Gasteiger partial charge in [-0.15, -0.1) is 0 Å². The van der Waals surface area contributed by atoms with E-state index in [1.165, 1.54) is 12.4 Å². The lowest BCUT2D eigenvalue weighted by atomic mass is 10.1. The zero-order valence-corrected chi connectivity index (χ0v) is 17.1. The van der Waals surface area contributed by atoms with Gasteiger partial charge in [0.1, 0.15) is 18.0 Å². The molecule has 0 aliphatic carbocycles. The van der Waals surface area contributed by atoms with E-state index in [1.54, 1.807) is 4.52 Å². The number of fused-ring (bicyclic) bond motifs is 1. The van der Waals surface area contributed by atoms with Crippen molar-refractivity contribution in [1.82, 2.24) is 24.6 Å². The third-order valence-corrected chi connectivity index (χ3v) is 5.52. The predicted octanol–water partition coefficient (Wildman–Crippen LogP) is 3.92. The topological polar surface area (TPSA) is 62.5 Å². The van der Waals surface area contributed by atoms with Gasteiger partial charge in [-0.25, -0.2) is 9.97 Å². The second-order valence-corrected chi connectivity index (χ2v) is 7.57. The standard InChI is InChI=1S/C22H20F3N7/c23-22(24,25)17-7-8-19(26-14-17)30-9-4-10-31(12-11-30)20-13-18(16-5-2-1-3-6-16)29-21-27-15-28-32(20)21/h1-3,5-8,13-15H,4,9-12H2. The summed E-state index contributed by atoms with van der Waals surface area (Å²) < 4.78 is 40.3. The number of anilines is 2. The number of pyridine rings is 1. The van der Waals surface area contributed by atoms with Gasteiger partial charge in [0.15, 0.2) is 0 Å². The number of nitrogens with zero attached hydrogens (tertiary/aromatic N) is 7. The average molecular weight is 439 g/mol. The third kappa shape index (κ3) is 3.95. The van der Waals surface area contributed by atoms with Crippen molar-refractivity contribution < 1.29 is 13.2 Å². The van der Waals surface area contributed by atoms with Gasteiger partial charge in [0.05, 0.1) is 11.3 Å². The van der Waals surface area contributed by atoms with Gasteiger partial charge in [-0.3, -0.25) is 0 Å². The molecule has 10 heteroatoms. The summed E-state index contributed by atoms with van der Waals surface area (Å²) in [6, 6.07) is 14.4. The Kier molecular flexibility index (Phi) is 5.12. The van der Waals surface area contributed by atoms with Crippen LogP contribution in [0.5, 0.6) is 0 Å². The highest BCUT2D eigenvalue weighted by Crippen LogP contribution is 2.30. The highest BCUT2D eigenvalue weighted by molar-refractivity contribution is 5.65. The summed E-state index contributed by atoms with van der Waals surface area (Å²) in [6.07, 6.45) is -1.19. The van der Waals surface area contributed by atoms with Gasteiger partial charge >= 0.3 is 6.18 Å². The molecule has 1 aliphatic rings. The average Bonchev–Trinajstić information content (AvgIpc) is 3.15. The molecule has 0 bridgehead atoms. The molecule has 3 aromatic heterocycles. The molecular weight excluding hydrogens is 419 g/mol. The molecule has 1 saturated heterocycles. The fraction of sp³-hybridized carbons (Fsp3) is 0.273. The van der Waals surface area contributed by atoms with Crippen LogP contribution in [0.25, 0.3) is 17.0 Å². The van der Waals surface area contributed by atoms with Crippen LogP contribution < -0.4 is 9.80 Å². The molecule has 7 nitrogen and oxygen atoms in total. The van der Waals surface area contributed by atoms with E-state index in [1.807, 2.05) is 41.3 Å². The normalized spacial score (nSPS) is 15.2. The number of hydrogen-bond acceptors (Lipinski definition) is 6. The Hall–Kier alpha value is -3.69. The number of hydrogen-bond donors (Lipinski definition) is 0. The van der Waals surface area contributed by atoms with E-state index < -0.39 is 11.7 Å². The minimum atomic E-state index is -4.39. The smallest absolute Gasteiger partial charge is 0.355 e. The van der Waals surface area contributed by atoms with Gasteiger partial charge in [0, 0.05) is 44.0 Å². The van der Waals surface area contributed by atoms with Gasteiger partial charge in [-0.05, 0) is 18.6 Å². The van der Waals surface area contributed by atoms with E-state index >= 15 is 0 Å². The molecule has 164 valence electrons. The first-order valence-corrected chi connectivity index (χ1v) is 10.3. The van der Waals surface area contributed by atoms with Crippen LogP contribution in [0.2, 0.25) is 0 Å². The van der Waals surface area contributed by atoms with E-state index in [0.29, 0.717) is 31.2 Å². The van der Waals surface area contributed by atoms with E-state index in [-0.39, 0.29) is 0 Å². The summed E-state index contributed by atoms with van der Waals surface area (Å²) in [5, 5.41) is 4.34. The Labute approximate surface area is 182 Å². The van der Waals surface area contributed by atoms with E-state index in [0.717, 1.165) is 42.3 Å². The van der Waals surface area contributed by atoms with Crippen LogP contribution in [-0.4, -0.2) is 50.7 Å². The zero-order valence-electron chi connectivity index (χ0n) is 17.1. The molecule has 4 heterocycles. The summed E-state index contributed by atoms with van der Waals surface area (Å²) >= 11 is 0. The van der Waals surface area contributed by atoms with Crippen LogP contribution in [-0.2, 0) is 6.18 Å². The molecule has 0 unspecified atom stereocenters. The Bertz CT molecular complexity index is 1210. The molecular formula is C22H20F3N7. The summed E-state index contributed by atoms with van der Waals surface area (Å²) in [5.74, 6) is 1.95. The molecule has 1 aromatic carbocycles. The van der Waals surface area contributed by atoms with Gasteiger partial charge in [0.25, 0.3) is 5.78 Å². The predicted molar refractivity (Wildman–Crippen MR) is 115 cm³/mol. The maximum absolute atomic E-state index is 12.8. The first kappa shape index (κ1) is 20.2. The molecule has 0 spiro atoms. The van der Waals surface area contributed by atoms with Crippen molar-refractivity contribution in [3.63, 3.8) is 0 Å². The highest BCUT2D eigenvalue weighted by Gasteiger charge is 2.31. The number of halogens is 3. The lowest BCUT2D eigenvalue weighted by Crippen LogP contribution is -2.32. The van der Waals surface area contributed by atoms with Gasteiger partial charge in [0.2, 0.25) is 0 Å². The number of alkyl halides is 3. The first-order valence-electron chi connectivity index (χ1n) is 10.3. The molecule has 1 aliphatic heterocycles. The summed E-state index contributed by atoms with van der Waals surface area (Å²) in [7, 11) is 0. The Morgan fingerprint density at radius 2 is 1.62 bits per heavy atom. The number of rotatable bonds is 3. The number of benzene rings is 1. The van der Waals surface area contributed by atoms with Crippen LogP contribution in [0.4, 0.5) is 24.8 Å². The molecule has 0 atom stereocenters. The van der Waals surface area contributed by atoms with Gasteiger partial charge in [-0.1, -0.05) is 30.3 Å². The van der Waals surface area contributed by atoms with Crippen LogP contribution >= 0.6 is 0 Å². The van der Waals surface area contributed by atoms with E-state index in [4.69, 9.17) is 0 Å². The second kappa shape index (κ2) is 8.10. The molecule has 0 N–H and O–H groups in total. The van der Waals surface area contributed by atoms with Crippen molar-refractivity contribution in [2.45, 2.75) is 12.6 Å². The maximum Gasteiger partial charge on any atom is 0.417 e. The molecule has 4 aromatic rings. The Balaban J connectivity index is 1.40. The third-order valence-electron chi connectivity index (χ3n) is 5.52. The van der Waals surface area contributed by atoms with Crippen molar-refractivity contribution in [2.24, 2.45) is 0 Å². The lowest BCUT2D eigenvalue weighted by molar-refractivity contribution is -0.137. The van der Waals surface area contributed by atoms with E-state index in [2.05, 4.69) is 25.0 Å². The Morgan fingerprint density at radius 1 is 0.844 bits per heavy atom. The summed E-state index contributed by atoms with van der Waals surface area (Å²) in [4.78, 5) is 17.2. The lowest BCUT2D eigenvalue weighted by Gasteiger charge is -2.24. The minimum Gasteiger partial charge on any atom is -0.355 e.